The minimum atomic E-state index is -1.54. The molecule has 0 saturated heterocycles. The number of nitrogens with one attached hydrogen (secondary N) is 1. The maximum atomic E-state index is 13.7. The van der Waals surface area contributed by atoms with Crippen LogP contribution in [0.3, 0.4) is 0 Å². The van der Waals surface area contributed by atoms with Crippen LogP contribution in [-0.4, -0.2) is 16.5 Å². The Morgan fingerprint density at radius 2 is 1.86 bits per heavy atom. The third kappa shape index (κ3) is 4.19. The van der Waals surface area contributed by atoms with E-state index in [0.29, 0.717) is 6.54 Å². The van der Waals surface area contributed by atoms with E-state index in [1.165, 1.54) is 6.07 Å². The molecule has 0 saturated carbocycles. The molecular weight excluding hydrogens is 292 g/mol. The Labute approximate surface area is 125 Å². The Morgan fingerprint density at radius 1 is 1.14 bits per heavy atom. The van der Waals surface area contributed by atoms with Gasteiger partial charge in [-0.2, -0.15) is 0 Å². The Kier molecular flexibility index (Phi) is 5.59. The molecule has 2 aromatic rings. The Balaban J connectivity index is 2.18. The summed E-state index contributed by atoms with van der Waals surface area (Å²) in [5.41, 5.74) is 0.996. The summed E-state index contributed by atoms with van der Waals surface area (Å²) in [7, 11) is -1.54. The monoisotopic (exact) mass is 309 g/mol. The summed E-state index contributed by atoms with van der Waals surface area (Å²) >= 11 is 0. The van der Waals surface area contributed by atoms with Gasteiger partial charge in [0, 0.05) is 17.9 Å². The summed E-state index contributed by atoms with van der Waals surface area (Å²) in [4.78, 5) is 0.0373. The van der Waals surface area contributed by atoms with Gasteiger partial charge in [-0.15, -0.1) is 0 Å². The van der Waals surface area contributed by atoms with Gasteiger partial charge < -0.3 is 5.32 Å². The van der Waals surface area contributed by atoms with Crippen molar-refractivity contribution in [3.05, 3.63) is 65.7 Å². The number of benzene rings is 2. The zero-order valence-electron chi connectivity index (χ0n) is 11.7. The van der Waals surface area contributed by atoms with Crippen molar-refractivity contribution in [2.45, 2.75) is 17.9 Å². The lowest BCUT2D eigenvalue weighted by atomic mass is 10.1. The molecule has 1 N–H and O–H groups in total. The highest BCUT2D eigenvalue weighted by molar-refractivity contribution is 7.85. The highest BCUT2D eigenvalue weighted by atomic mass is 32.2. The van der Waals surface area contributed by atoms with Crippen LogP contribution in [0.5, 0.6) is 0 Å². The largest absolute Gasteiger partial charge is 0.309 e. The van der Waals surface area contributed by atoms with Gasteiger partial charge in [0.1, 0.15) is 11.6 Å². The molecule has 2 nitrogen and oxygen atoms in total. The number of rotatable bonds is 6. The van der Waals surface area contributed by atoms with Crippen molar-refractivity contribution in [1.29, 1.82) is 0 Å². The SMILES string of the molecule is CCNC(CS(=O)c1ccc(F)cc1F)c1ccccc1. The molecule has 0 fully saturated rings. The van der Waals surface area contributed by atoms with E-state index in [1.54, 1.807) is 0 Å². The van der Waals surface area contributed by atoms with Gasteiger partial charge in [-0.05, 0) is 24.2 Å². The third-order valence-corrected chi connectivity index (χ3v) is 4.57. The standard InChI is InChI=1S/C16H17F2NOS/c1-2-19-15(12-6-4-3-5-7-12)11-21(20)16-9-8-13(17)10-14(16)18/h3-10,15,19H,2,11H2,1H3. The fourth-order valence-electron chi connectivity index (χ4n) is 2.11. The van der Waals surface area contributed by atoms with Gasteiger partial charge in [-0.3, -0.25) is 4.21 Å². The van der Waals surface area contributed by atoms with Crippen LogP contribution >= 0.6 is 0 Å². The zero-order valence-corrected chi connectivity index (χ0v) is 12.5. The van der Waals surface area contributed by atoms with Gasteiger partial charge in [0.25, 0.3) is 0 Å². The van der Waals surface area contributed by atoms with Gasteiger partial charge in [0.2, 0.25) is 0 Å². The minimum absolute atomic E-state index is 0.0373. The third-order valence-electron chi connectivity index (χ3n) is 3.11. The lowest BCUT2D eigenvalue weighted by Crippen LogP contribution is -2.26. The number of halogens is 2. The Hall–Kier alpha value is -1.59. The predicted octanol–water partition coefficient (Wildman–Crippen LogP) is 3.42. The fraction of sp³-hybridized carbons (Fsp3) is 0.250. The van der Waals surface area contributed by atoms with E-state index in [0.717, 1.165) is 17.7 Å². The normalized spacial score (nSPS) is 13.9. The second kappa shape index (κ2) is 7.43. The van der Waals surface area contributed by atoms with E-state index in [4.69, 9.17) is 0 Å². The molecule has 2 unspecified atom stereocenters. The van der Waals surface area contributed by atoms with Crippen LogP contribution in [0.25, 0.3) is 0 Å². The van der Waals surface area contributed by atoms with Crippen LogP contribution < -0.4 is 5.32 Å². The van der Waals surface area contributed by atoms with Crippen molar-refractivity contribution >= 4 is 10.8 Å². The van der Waals surface area contributed by atoms with Gasteiger partial charge in [0.05, 0.1) is 15.7 Å². The van der Waals surface area contributed by atoms with Crippen LogP contribution in [0.4, 0.5) is 8.78 Å². The van der Waals surface area contributed by atoms with Gasteiger partial charge in [0.15, 0.2) is 0 Å². The van der Waals surface area contributed by atoms with E-state index >= 15 is 0 Å². The van der Waals surface area contributed by atoms with E-state index in [1.807, 2.05) is 37.3 Å². The van der Waals surface area contributed by atoms with Crippen LogP contribution in [0.2, 0.25) is 0 Å². The van der Waals surface area contributed by atoms with Crippen LogP contribution in [0.1, 0.15) is 18.5 Å². The molecule has 2 rings (SSSR count). The molecule has 2 aromatic carbocycles. The minimum Gasteiger partial charge on any atom is -0.309 e. The molecule has 0 aliphatic rings. The lowest BCUT2D eigenvalue weighted by molar-refractivity contribution is 0.559. The van der Waals surface area contributed by atoms with Crippen molar-refractivity contribution in [1.82, 2.24) is 5.32 Å². The average molecular weight is 309 g/mol. The first-order valence-corrected chi connectivity index (χ1v) is 8.05. The molecule has 0 heterocycles. The molecule has 0 aliphatic heterocycles. The number of hydrogen-bond donors (Lipinski definition) is 1. The van der Waals surface area contributed by atoms with E-state index in [2.05, 4.69) is 5.32 Å². The second-order valence-corrected chi connectivity index (χ2v) is 6.07. The van der Waals surface area contributed by atoms with Crippen LogP contribution in [0, 0.1) is 11.6 Å². The first kappa shape index (κ1) is 15.8. The van der Waals surface area contributed by atoms with Gasteiger partial charge in [-0.25, -0.2) is 8.78 Å². The topological polar surface area (TPSA) is 29.1 Å². The first-order chi connectivity index (χ1) is 10.1. The van der Waals surface area contributed by atoms with Gasteiger partial charge >= 0.3 is 0 Å². The lowest BCUT2D eigenvalue weighted by Gasteiger charge is -2.18. The molecule has 21 heavy (non-hydrogen) atoms. The molecule has 0 aromatic heterocycles. The molecule has 0 radical (unpaired) electrons. The first-order valence-electron chi connectivity index (χ1n) is 6.73. The van der Waals surface area contributed by atoms with Crippen molar-refractivity contribution in [3.8, 4) is 0 Å². The fourth-order valence-corrected chi connectivity index (χ4v) is 3.39. The Bertz CT molecular complexity index is 619. The summed E-state index contributed by atoms with van der Waals surface area (Å²) in [6.45, 7) is 2.67. The van der Waals surface area contributed by atoms with E-state index in [9.17, 15) is 13.0 Å². The summed E-state index contributed by atoms with van der Waals surface area (Å²) in [6, 6.07) is 12.6. The number of hydrogen-bond acceptors (Lipinski definition) is 2. The highest BCUT2D eigenvalue weighted by Crippen LogP contribution is 2.20. The highest BCUT2D eigenvalue weighted by Gasteiger charge is 2.18. The van der Waals surface area contributed by atoms with Crippen molar-refractivity contribution in [2.75, 3.05) is 12.3 Å². The second-order valence-electron chi connectivity index (χ2n) is 4.61. The quantitative estimate of drug-likeness (QED) is 0.886. The zero-order chi connectivity index (χ0) is 15.2. The molecule has 0 bridgehead atoms. The summed E-state index contributed by atoms with van der Waals surface area (Å²) < 4.78 is 38.9. The van der Waals surface area contributed by atoms with Crippen LogP contribution in [0.15, 0.2) is 53.4 Å². The average Bonchev–Trinajstić information content (AvgIpc) is 2.47. The molecule has 0 aliphatic carbocycles. The van der Waals surface area contributed by atoms with Gasteiger partial charge in [-0.1, -0.05) is 37.3 Å². The summed E-state index contributed by atoms with van der Waals surface area (Å²) in [6.07, 6.45) is 0. The van der Waals surface area contributed by atoms with Crippen LogP contribution in [-0.2, 0) is 10.8 Å². The molecular formula is C16H17F2NOS. The predicted molar refractivity (Wildman–Crippen MR) is 80.5 cm³/mol. The molecule has 5 heteroatoms. The molecule has 112 valence electrons. The smallest absolute Gasteiger partial charge is 0.142 e. The van der Waals surface area contributed by atoms with Crippen molar-refractivity contribution < 1.29 is 13.0 Å². The maximum Gasteiger partial charge on any atom is 0.142 e. The molecule has 0 spiro atoms. The maximum absolute atomic E-state index is 13.7. The van der Waals surface area contributed by atoms with Crippen molar-refractivity contribution in [3.63, 3.8) is 0 Å². The summed E-state index contributed by atoms with van der Waals surface area (Å²) in [5, 5.41) is 3.24. The van der Waals surface area contributed by atoms with E-state index < -0.39 is 22.4 Å². The van der Waals surface area contributed by atoms with Crippen molar-refractivity contribution in [2.24, 2.45) is 0 Å². The summed E-state index contributed by atoms with van der Waals surface area (Å²) in [5.74, 6) is -1.20. The Morgan fingerprint density at radius 3 is 2.48 bits per heavy atom. The molecule has 2 atom stereocenters. The molecule has 0 amide bonds. The van der Waals surface area contributed by atoms with E-state index in [-0.39, 0.29) is 16.7 Å².